The molecule has 112 valence electrons. The van der Waals surface area contributed by atoms with E-state index in [4.69, 9.17) is 4.74 Å². The van der Waals surface area contributed by atoms with Crippen LogP contribution in [0.4, 0.5) is 0 Å². The third-order valence-electron chi connectivity index (χ3n) is 3.85. The lowest BCUT2D eigenvalue weighted by molar-refractivity contribution is 0.340. The molecule has 1 unspecified atom stereocenters. The van der Waals surface area contributed by atoms with E-state index in [1.54, 1.807) is 0 Å². The maximum atomic E-state index is 5.49. The Balaban J connectivity index is 2.03. The van der Waals surface area contributed by atoms with Crippen molar-refractivity contribution in [1.82, 2.24) is 5.32 Å². The predicted octanol–water partition coefficient (Wildman–Crippen LogP) is 4.81. The zero-order chi connectivity index (χ0) is 15.2. The fourth-order valence-electron chi connectivity index (χ4n) is 2.65. The fraction of sp³-hybridized carbons (Fsp3) is 0.368. The van der Waals surface area contributed by atoms with Crippen molar-refractivity contribution in [2.24, 2.45) is 0 Å². The molecule has 0 saturated heterocycles. The van der Waals surface area contributed by atoms with Crippen molar-refractivity contribution in [1.29, 1.82) is 0 Å². The van der Waals surface area contributed by atoms with Crippen LogP contribution in [0.5, 0.6) is 5.75 Å². The van der Waals surface area contributed by atoms with Crippen LogP contribution in [0.15, 0.2) is 48.5 Å². The summed E-state index contributed by atoms with van der Waals surface area (Å²) in [5, 5.41) is 3.66. The Labute approximate surface area is 128 Å². The van der Waals surface area contributed by atoms with Crippen molar-refractivity contribution in [3.8, 4) is 5.75 Å². The number of hydrogen-bond acceptors (Lipinski definition) is 2. The molecule has 2 atom stereocenters. The Bertz CT molecular complexity index is 562. The molecule has 2 rings (SSSR count). The van der Waals surface area contributed by atoms with Gasteiger partial charge in [0.25, 0.3) is 0 Å². The first-order chi connectivity index (χ1) is 10.1. The summed E-state index contributed by atoms with van der Waals surface area (Å²) >= 11 is 0. The molecule has 0 heterocycles. The van der Waals surface area contributed by atoms with Gasteiger partial charge >= 0.3 is 0 Å². The molecule has 2 heteroatoms. The summed E-state index contributed by atoms with van der Waals surface area (Å²) in [4.78, 5) is 0. The highest BCUT2D eigenvalue weighted by atomic mass is 16.5. The number of benzene rings is 2. The van der Waals surface area contributed by atoms with E-state index < -0.39 is 0 Å². The number of aryl methyl sites for hydroxylation is 1. The molecule has 0 aliphatic carbocycles. The van der Waals surface area contributed by atoms with Gasteiger partial charge in [-0.2, -0.15) is 0 Å². The molecule has 21 heavy (non-hydrogen) atoms. The van der Waals surface area contributed by atoms with E-state index in [-0.39, 0.29) is 0 Å². The Hall–Kier alpha value is -1.80. The van der Waals surface area contributed by atoms with Crippen molar-refractivity contribution < 1.29 is 4.74 Å². The number of ether oxygens (including phenoxy) is 1. The van der Waals surface area contributed by atoms with E-state index in [1.807, 2.05) is 19.1 Å². The van der Waals surface area contributed by atoms with Crippen LogP contribution in [0.25, 0.3) is 0 Å². The molecule has 0 saturated carbocycles. The van der Waals surface area contributed by atoms with Crippen molar-refractivity contribution in [2.75, 3.05) is 6.61 Å². The second kappa shape index (κ2) is 7.28. The lowest BCUT2D eigenvalue weighted by Gasteiger charge is -2.22. The zero-order valence-electron chi connectivity index (χ0n) is 13.4. The SMILES string of the molecule is CCOc1ccc(C(C)N[C@@H](C)c2ccccc2C)cc1. The molecular formula is C19H25NO. The first-order valence-corrected chi connectivity index (χ1v) is 7.66. The van der Waals surface area contributed by atoms with Gasteiger partial charge in [-0.05, 0) is 56.5 Å². The van der Waals surface area contributed by atoms with Crippen LogP contribution in [-0.2, 0) is 0 Å². The van der Waals surface area contributed by atoms with Gasteiger partial charge in [0, 0.05) is 12.1 Å². The zero-order valence-corrected chi connectivity index (χ0v) is 13.4. The highest BCUT2D eigenvalue weighted by Crippen LogP contribution is 2.23. The molecule has 0 aliphatic rings. The third-order valence-corrected chi connectivity index (χ3v) is 3.85. The third kappa shape index (κ3) is 4.08. The maximum absolute atomic E-state index is 5.49. The molecule has 0 amide bonds. The van der Waals surface area contributed by atoms with Crippen molar-refractivity contribution in [2.45, 2.75) is 39.8 Å². The summed E-state index contributed by atoms with van der Waals surface area (Å²) in [5.41, 5.74) is 3.96. The van der Waals surface area contributed by atoms with Crippen LogP contribution in [0, 0.1) is 6.92 Å². The Morgan fingerprint density at radius 1 is 0.952 bits per heavy atom. The van der Waals surface area contributed by atoms with Crippen molar-refractivity contribution in [3.63, 3.8) is 0 Å². The number of nitrogens with one attached hydrogen (secondary N) is 1. The lowest BCUT2D eigenvalue weighted by atomic mass is 10.0. The van der Waals surface area contributed by atoms with Gasteiger partial charge in [0.05, 0.1) is 6.61 Å². The van der Waals surface area contributed by atoms with Gasteiger partial charge in [-0.1, -0.05) is 36.4 Å². The van der Waals surface area contributed by atoms with Gasteiger partial charge in [-0.15, -0.1) is 0 Å². The quantitative estimate of drug-likeness (QED) is 0.821. The normalized spacial score (nSPS) is 13.7. The van der Waals surface area contributed by atoms with Crippen molar-refractivity contribution in [3.05, 3.63) is 65.2 Å². The molecule has 1 N–H and O–H groups in total. The van der Waals surface area contributed by atoms with Crippen LogP contribution < -0.4 is 10.1 Å². The number of hydrogen-bond donors (Lipinski definition) is 1. The standard InChI is InChI=1S/C19H25NO/c1-5-21-18-12-10-17(11-13-18)15(3)20-16(4)19-9-7-6-8-14(19)2/h6-13,15-16,20H,5H2,1-4H3/t15?,16-/m0/s1. The molecule has 0 bridgehead atoms. The first-order valence-electron chi connectivity index (χ1n) is 7.66. The topological polar surface area (TPSA) is 21.3 Å². The lowest BCUT2D eigenvalue weighted by Crippen LogP contribution is -2.23. The smallest absolute Gasteiger partial charge is 0.119 e. The van der Waals surface area contributed by atoms with Crippen molar-refractivity contribution >= 4 is 0 Å². The van der Waals surface area contributed by atoms with Crippen LogP contribution in [0.2, 0.25) is 0 Å². The predicted molar refractivity (Wildman–Crippen MR) is 88.8 cm³/mol. The maximum Gasteiger partial charge on any atom is 0.119 e. The largest absolute Gasteiger partial charge is 0.494 e. The highest BCUT2D eigenvalue weighted by Gasteiger charge is 2.12. The fourth-order valence-corrected chi connectivity index (χ4v) is 2.65. The van der Waals surface area contributed by atoms with E-state index in [1.165, 1.54) is 16.7 Å². The average molecular weight is 283 g/mol. The van der Waals surface area contributed by atoms with Gasteiger partial charge in [0.1, 0.15) is 5.75 Å². The Morgan fingerprint density at radius 2 is 1.62 bits per heavy atom. The van der Waals surface area contributed by atoms with Gasteiger partial charge in [-0.3, -0.25) is 0 Å². The second-order valence-electron chi connectivity index (χ2n) is 5.47. The van der Waals surface area contributed by atoms with Crippen LogP contribution in [-0.4, -0.2) is 6.61 Å². The summed E-state index contributed by atoms with van der Waals surface area (Å²) in [5.74, 6) is 0.931. The minimum Gasteiger partial charge on any atom is -0.494 e. The van der Waals surface area contributed by atoms with E-state index in [0.29, 0.717) is 18.7 Å². The average Bonchev–Trinajstić information content (AvgIpc) is 2.48. The molecule has 0 radical (unpaired) electrons. The summed E-state index contributed by atoms with van der Waals surface area (Å²) in [7, 11) is 0. The highest BCUT2D eigenvalue weighted by molar-refractivity contribution is 5.31. The van der Waals surface area contributed by atoms with Gasteiger partial charge in [-0.25, -0.2) is 0 Å². The minimum absolute atomic E-state index is 0.301. The van der Waals surface area contributed by atoms with Crippen LogP contribution in [0.1, 0.15) is 49.5 Å². The van der Waals surface area contributed by atoms with Gasteiger partial charge < -0.3 is 10.1 Å². The van der Waals surface area contributed by atoms with Crippen LogP contribution >= 0.6 is 0 Å². The monoisotopic (exact) mass is 283 g/mol. The van der Waals surface area contributed by atoms with Gasteiger partial charge in [0.15, 0.2) is 0 Å². The first kappa shape index (κ1) is 15.6. The molecule has 0 aliphatic heterocycles. The van der Waals surface area contributed by atoms with E-state index in [2.05, 4.69) is 62.5 Å². The molecule has 2 aromatic carbocycles. The summed E-state index contributed by atoms with van der Waals surface area (Å²) in [6.07, 6.45) is 0. The Kier molecular flexibility index (Phi) is 5.40. The molecule has 2 nitrogen and oxygen atoms in total. The number of rotatable bonds is 6. The summed E-state index contributed by atoms with van der Waals surface area (Å²) in [6.45, 7) is 9.28. The Morgan fingerprint density at radius 3 is 2.24 bits per heavy atom. The van der Waals surface area contributed by atoms with Crippen LogP contribution in [0.3, 0.4) is 0 Å². The molecule has 2 aromatic rings. The minimum atomic E-state index is 0.301. The molecular weight excluding hydrogens is 258 g/mol. The summed E-state index contributed by atoms with van der Waals surface area (Å²) in [6, 6.07) is 17.5. The van der Waals surface area contributed by atoms with Gasteiger partial charge in [0.2, 0.25) is 0 Å². The van der Waals surface area contributed by atoms with E-state index in [0.717, 1.165) is 5.75 Å². The molecule has 0 spiro atoms. The summed E-state index contributed by atoms with van der Waals surface area (Å²) < 4.78 is 5.49. The molecule has 0 aromatic heterocycles. The molecule has 0 fully saturated rings. The van der Waals surface area contributed by atoms with E-state index in [9.17, 15) is 0 Å². The van der Waals surface area contributed by atoms with E-state index >= 15 is 0 Å². The second-order valence-corrected chi connectivity index (χ2v) is 5.47.